The molecule has 0 unspecified atom stereocenters. The number of rotatable bonds is 6. The molecule has 3 aromatic rings. The Morgan fingerprint density at radius 2 is 1.86 bits per heavy atom. The first-order chi connectivity index (χ1) is 16.8. The molecule has 35 heavy (non-hydrogen) atoms. The van der Waals surface area contributed by atoms with Crippen molar-refractivity contribution >= 4 is 30.1 Å². The summed E-state index contributed by atoms with van der Waals surface area (Å²) in [6.07, 6.45) is 1.78. The molecule has 0 saturated carbocycles. The molecule has 4 rings (SSSR count). The smallest absolute Gasteiger partial charge is 0.311 e. The standard InChI is InChI=1S/C15H19ClN6O2.C9H12OS/c1-17-9-13-19-20-14(24-13)15(23)22-6-4-21(5-7-22)10-11-2-3-12(16)18-8-11;1-6-4-8(10-3)5-7(2)9(6)11/h2-3,8,17H,4-7,9-10H2,1H3;4-5,11H,1-3H3. The van der Waals surface area contributed by atoms with Crippen molar-refractivity contribution in [1.29, 1.82) is 0 Å². The van der Waals surface area contributed by atoms with Gasteiger partial charge in [0.1, 0.15) is 10.9 Å². The van der Waals surface area contributed by atoms with Gasteiger partial charge in [0.2, 0.25) is 5.89 Å². The zero-order valence-electron chi connectivity index (χ0n) is 20.4. The zero-order valence-corrected chi connectivity index (χ0v) is 22.1. The molecule has 1 aliphatic rings. The van der Waals surface area contributed by atoms with Crippen molar-refractivity contribution in [2.45, 2.75) is 31.8 Å². The Kier molecular flexibility index (Phi) is 9.91. The molecule has 0 radical (unpaired) electrons. The summed E-state index contributed by atoms with van der Waals surface area (Å²) in [5.41, 5.74) is 3.42. The molecule has 0 atom stereocenters. The Hall–Kier alpha value is -2.66. The van der Waals surface area contributed by atoms with Crippen molar-refractivity contribution in [1.82, 2.24) is 30.3 Å². The molecule has 0 spiro atoms. The van der Waals surface area contributed by atoms with E-state index in [4.69, 9.17) is 20.8 Å². The third-order valence-corrected chi connectivity index (χ3v) is 6.46. The summed E-state index contributed by atoms with van der Waals surface area (Å²) in [7, 11) is 3.45. The maximum Gasteiger partial charge on any atom is 0.311 e. The first-order valence-electron chi connectivity index (χ1n) is 11.2. The predicted molar refractivity (Wildman–Crippen MR) is 137 cm³/mol. The zero-order chi connectivity index (χ0) is 25.4. The van der Waals surface area contributed by atoms with Crippen LogP contribution in [0.4, 0.5) is 0 Å². The molecule has 188 valence electrons. The van der Waals surface area contributed by atoms with Crippen molar-refractivity contribution in [2.75, 3.05) is 40.3 Å². The first kappa shape index (κ1) is 26.9. The van der Waals surface area contributed by atoms with E-state index < -0.39 is 0 Å². The number of ether oxygens (including phenoxy) is 1. The molecule has 1 saturated heterocycles. The lowest BCUT2D eigenvalue weighted by Gasteiger charge is -2.33. The number of carbonyl (C=O) groups excluding carboxylic acids is 1. The number of halogens is 1. The predicted octanol–water partition coefficient (Wildman–Crippen LogP) is 3.40. The van der Waals surface area contributed by atoms with Crippen LogP contribution < -0.4 is 10.1 Å². The second kappa shape index (κ2) is 12.9. The number of piperazine rings is 1. The fraction of sp³-hybridized carbons (Fsp3) is 0.417. The maximum atomic E-state index is 12.4. The summed E-state index contributed by atoms with van der Waals surface area (Å²) < 4.78 is 10.5. The molecule has 1 fully saturated rings. The average molecular weight is 519 g/mol. The Morgan fingerprint density at radius 3 is 2.43 bits per heavy atom. The van der Waals surface area contributed by atoms with Gasteiger partial charge in [0, 0.05) is 43.8 Å². The minimum absolute atomic E-state index is 0.0515. The summed E-state index contributed by atoms with van der Waals surface area (Å²) in [5.74, 6) is 1.15. The molecule has 9 nitrogen and oxygen atoms in total. The molecule has 2 aromatic heterocycles. The SMILES string of the molecule is CNCc1nnc(C(=O)N2CCN(Cc3ccc(Cl)nc3)CC2)o1.COc1cc(C)c(S)c(C)c1. The maximum absolute atomic E-state index is 12.4. The van der Waals surface area contributed by atoms with Crippen LogP contribution in [0, 0.1) is 13.8 Å². The van der Waals surface area contributed by atoms with Gasteiger partial charge < -0.3 is 19.4 Å². The molecule has 11 heteroatoms. The van der Waals surface area contributed by atoms with Gasteiger partial charge in [-0.1, -0.05) is 17.7 Å². The second-order valence-corrected chi connectivity index (χ2v) is 9.03. The third kappa shape index (κ3) is 7.66. The van der Waals surface area contributed by atoms with Gasteiger partial charge in [-0.15, -0.1) is 22.8 Å². The van der Waals surface area contributed by atoms with E-state index in [1.165, 1.54) is 0 Å². The Labute approximate surface area is 216 Å². The van der Waals surface area contributed by atoms with Crippen LogP contribution in [0.5, 0.6) is 5.75 Å². The highest BCUT2D eigenvalue weighted by molar-refractivity contribution is 7.80. The van der Waals surface area contributed by atoms with E-state index in [-0.39, 0.29) is 11.8 Å². The Morgan fingerprint density at radius 1 is 1.17 bits per heavy atom. The lowest BCUT2D eigenvalue weighted by molar-refractivity contribution is 0.0588. The van der Waals surface area contributed by atoms with Gasteiger partial charge in [-0.3, -0.25) is 9.69 Å². The Balaban J connectivity index is 0.000000261. The number of amides is 1. The van der Waals surface area contributed by atoms with Crippen LogP contribution in [0.25, 0.3) is 0 Å². The summed E-state index contributed by atoms with van der Waals surface area (Å²) in [5, 5.41) is 11.1. The molecule has 1 aliphatic heterocycles. The number of aryl methyl sites for hydroxylation is 2. The molecular formula is C24H31ClN6O3S. The van der Waals surface area contributed by atoms with Crippen molar-refractivity contribution in [2.24, 2.45) is 0 Å². The van der Waals surface area contributed by atoms with E-state index in [0.29, 0.717) is 30.7 Å². The molecule has 0 bridgehead atoms. The van der Waals surface area contributed by atoms with Gasteiger partial charge >= 0.3 is 11.8 Å². The lowest BCUT2D eigenvalue weighted by atomic mass is 10.1. The van der Waals surface area contributed by atoms with Gasteiger partial charge in [-0.25, -0.2) is 4.98 Å². The normalized spacial score (nSPS) is 13.8. The topological polar surface area (TPSA) is 96.6 Å². The molecular weight excluding hydrogens is 488 g/mol. The van der Waals surface area contributed by atoms with Crippen LogP contribution in [0.3, 0.4) is 0 Å². The number of thiol groups is 1. The largest absolute Gasteiger partial charge is 0.497 e. The molecule has 1 N–H and O–H groups in total. The van der Waals surface area contributed by atoms with Crippen LogP contribution in [-0.2, 0) is 13.1 Å². The van der Waals surface area contributed by atoms with Gasteiger partial charge in [0.15, 0.2) is 0 Å². The number of hydrogen-bond donors (Lipinski definition) is 2. The highest BCUT2D eigenvalue weighted by atomic mass is 35.5. The summed E-state index contributed by atoms with van der Waals surface area (Å²) in [6.45, 7) is 8.11. The van der Waals surface area contributed by atoms with Crippen LogP contribution >= 0.6 is 24.2 Å². The first-order valence-corrected chi connectivity index (χ1v) is 12.1. The highest BCUT2D eigenvalue weighted by Gasteiger charge is 2.26. The van der Waals surface area contributed by atoms with Gasteiger partial charge in [0.05, 0.1) is 13.7 Å². The Bertz CT molecular complexity index is 1090. The van der Waals surface area contributed by atoms with E-state index in [0.717, 1.165) is 47.0 Å². The van der Waals surface area contributed by atoms with E-state index in [9.17, 15) is 4.79 Å². The number of hydrogen-bond acceptors (Lipinski definition) is 9. The molecule has 1 aromatic carbocycles. The monoisotopic (exact) mass is 518 g/mol. The van der Waals surface area contributed by atoms with Crippen LogP contribution in [0.15, 0.2) is 39.8 Å². The molecule has 1 amide bonds. The van der Waals surface area contributed by atoms with Crippen molar-refractivity contribution in [3.05, 3.63) is 64.1 Å². The minimum Gasteiger partial charge on any atom is -0.497 e. The van der Waals surface area contributed by atoms with Crippen LogP contribution in [0.2, 0.25) is 5.15 Å². The third-order valence-electron chi connectivity index (χ3n) is 5.53. The number of methoxy groups -OCH3 is 1. The van der Waals surface area contributed by atoms with Crippen molar-refractivity contribution in [3.8, 4) is 5.75 Å². The molecule has 3 heterocycles. The van der Waals surface area contributed by atoms with Crippen LogP contribution in [-0.4, -0.2) is 71.2 Å². The van der Waals surface area contributed by atoms with E-state index in [1.54, 1.807) is 31.3 Å². The number of nitrogens with one attached hydrogen (secondary N) is 1. The molecule has 0 aliphatic carbocycles. The minimum atomic E-state index is -0.210. The van der Waals surface area contributed by atoms with E-state index in [2.05, 4.69) is 38.0 Å². The van der Waals surface area contributed by atoms with Crippen molar-refractivity contribution < 1.29 is 13.9 Å². The second-order valence-electron chi connectivity index (χ2n) is 8.20. The van der Waals surface area contributed by atoms with Gasteiger partial charge in [0.25, 0.3) is 0 Å². The number of aromatic nitrogens is 3. The average Bonchev–Trinajstić information content (AvgIpc) is 3.33. The number of carbonyl (C=O) groups is 1. The number of nitrogens with zero attached hydrogens (tertiary/aromatic N) is 5. The summed E-state index contributed by atoms with van der Waals surface area (Å²) >= 11 is 10.1. The summed E-state index contributed by atoms with van der Waals surface area (Å²) in [4.78, 5) is 21.5. The number of pyridine rings is 1. The quantitative estimate of drug-likeness (QED) is 0.378. The van der Waals surface area contributed by atoms with E-state index >= 15 is 0 Å². The highest BCUT2D eigenvalue weighted by Crippen LogP contribution is 2.23. The fourth-order valence-corrected chi connectivity index (χ4v) is 3.84. The lowest BCUT2D eigenvalue weighted by Crippen LogP contribution is -2.48. The van der Waals surface area contributed by atoms with Gasteiger partial charge in [-0.05, 0) is 55.8 Å². The van der Waals surface area contributed by atoms with E-state index in [1.807, 2.05) is 32.0 Å². The van der Waals surface area contributed by atoms with Crippen LogP contribution in [0.1, 0.15) is 33.3 Å². The van der Waals surface area contributed by atoms with Crippen molar-refractivity contribution in [3.63, 3.8) is 0 Å². The number of benzene rings is 1. The van der Waals surface area contributed by atoms with Gasteiger partial charge in [-0.2, -0.15) is 0 Å². The summed E-state index contributed by atoms with van der Waals surface area (Å²) in [6, 6.07) is 7.72. The fourth-order valence-electron chi connectivity index (χ4n) is 3.60.